The fourth-order valence-corrected chi connectivity index (χ4v) is 9.64. The smallest absolute Gasteiger partial charge is 0.309 e. The third kappa shape index (κ3) is 7.17. The zero-order valence-electron chi connectivity index (χ0n) is 35.7. The third-order valence-electron chi connectivity index (χ3n) is 12.6. The van der Waals surface area contributed by atoms with Crippen LogP contribution in [-0.2, 0) is 18.5 Å². The highest BCUT2D eigenvalue weighted by Crippen LogP contribution is 2.47. The van der Waals surface area contributed by atoms with E-state index >= 15 is 13.2 Å². The van der Waals surface area contributed by atoms with Crippen LogP contribution >= 0.6 is 0 Å². The van der Waals surface area contributed by atoms with Crippen LogP contribution in [0.3, 0.4) is 0 Å². The van der Waals surface area contributed by atoms with E-state index in [0.29, 0.717) is 33.4 Å². The number of alkyl halides is 9. The van der Waals surface area contributed by atoms with E-state index in [1.165, 1.54) is 24.3 Å². The highest BCUT2D eigenvalue weighted by molar-refractivity contribution is 6.12. The average Bonchev–Trinajstić information content (AvgIpc) is 3.79. The summed E-state index contributed by atoms with van der Waals surface area (Å²) >= 11 is 0. The van der Waals surface area contributed by atoms with Crippen molar-refractivity contribution in [2.75, 3.05) is 0 Å². The van der Waals surface area contributed by atoms with Crippen LogP contribution in [-0.4, -0.2) is 9.13 Å². The number of benzene rings is 8. The molecule has 0 aliphatic heterocycles. The summed E-state index contributed by atoms with van der Waals surface area (Å²) in [6.07, 6.45) is -15.0. The number of nitrogens with zero attached hydrogens (tertiary/aromatic N) is 3. The minimum absolute atomic E-state index is 0.0240. The topological polar surface area (TPSA) is 33.6 Å². The molecule has 3 nitrogen and oxygen atoms in total. The number of aryl methyl sites for hydroxylation is 3. The zero-order valence-corrected chi connectivity index (χ0v) is 35.7. The van der Waals surface area contributed by atoms with Gasteiger partial charge in [-0.3, -0.25) is 0 Å². The fourth-order valence-electron chi connectivity index (χ4n) is 9.64. The van der Waals surface area contributed by atoms with Crippen LogP contribution in [0.1, 0.15) is 38.9 Å². The molecule has 12 heteroatoms. The number of hydrogen-bond acceptors (Lipinski definition) is 1. The van der Waals surface area contributed by atoms with Gasteiger partial charge in [-0.15, -0.1) is 0 Å². The summed E-state index contributed by atoms with van der Waals surface area (Å²) in [7, 11) is 0. The molecule has 10 aromatic rings. The Labute approximate surface area is 377 Å². The first-order chi connectivity index (χ1) is 31.8. The molecule has 0 saturated carbocycles. The van der Waals surface area contributed by atoms with Crippen molar-refractivity contribution in [2.24, 2.45) is 0 Å². The van der Waals surface area contributed by atoms with Crippen LogP contribution < -0.4 is 0 Å². The fraction of sp³-hybridized carbons (Fsp3) is 0.109. The molecule has 67 heavy (non-hydrogen) atoms. The number of fused-ring (bicyclic) bond motifs is 6. The van der Waals surface area contributed by atoms with Crippen molar-refractivity contribution < 1.29 is 39.5 Å². The summed E-state index contributed by atoms with van der Waals surface area (Å²) in [5, 5.41) is 13.9. The van der Waals surface area contributed by atoms with Crippen molar-refractivity contribution in [1.29, 1.82) is 5.26 Å². The number of halogens is 9. The molecule has 0 spiro atoms. The van der Waals surface area contributed by atoms with E-state index in [0.717, 1.165) is 45.2 Å². The normalized spacial score (nSPS) is 12.5. The molecule has 8 aromatic carbocycles. The van der Waals surface area contributed by atoms with E-state index in [9.17, 15) is 31.6 Å². The van der Waals surface area contributed by atoms with Crippen molar-refractivity contribution in [3.05, 3.63) is 191 Å². The van der Waals surface area contributed by atoms with Gasteiger partial charge in [0.25, 0.3) is 0 Å². The maximum absolute atomic E-state index is 15.3. The van der Waals surface area contributed by atoms with E-state index < -0.39 is 40.8 Å². The van der Waals surface area contributed by atoms with E-state index in [1.807, 2.05) is 73.0 Å². The zero-order chi connectivity index (χ0) is 47.3. The van der Waals surface area contributed by atoms with Gasteiger partial charge in [0, 0.05) is 27.1 Å². The summed E-state index contributed by atoms with van der Waals surface area (Å²) in [5.41, 5.74) is 2.18. The van der Waals surface area contributed by atoms with Crippen molar-refractivity contribution in [3.63, 3.8) is 0 Å². The predicted octanol–water partition coefficient (Wildman–Crippen LogP) is 16.7. The van der Waals surface area contributed by atoms with Crippen LogP contribution in [0.15, 0.2) is 152 Å². The number of hydrogen-bond donors (Lipinski definition) is 0. The standard InChI is InChI=1S/C55H34F9N3/c1-30-15-19-37(32(3)23-30)33-16-20-42-40-11-5-7-14-47(40)67(50(42)24-33)51-26-35(29-65)48(28-43(51)52-31(2)9-8-12-44(52)54(59,60)61)66-46-13-6-4-10-39(46)41-21-17-34(25-49(41)66)38-22-18-36(53(56,57)58)27-45(38)55(62,63)64/h4-28H,1-3H3. The molecular formula is C55H34F9N3. The lowest BCUT2D eigenvalue weighted by Crippen LogP contribution is -2.12. The lowest BCUT2D eigenvalue weighted by molar-refractivity contribution is -0.143. The second kappa shape index (κ2) is 15.4. The monoisotopic (exact) mass is 907 g/mol. The first-order valence-corrected chi connectivity index (χ1v) is 21.0. The molecule has 0 aliphatic carbocycles. The molecule has 10 rings (SSSR count). The van der Waals surface area contributed by atoms with Gasteiger partial charge < -0.3 is 9.13 Å². The van der Waals surface area contributed by atoms with Gasteiger partial charge in [-0.25, -0.2) is 0 Å². The van der Waals surface area contributed by atoms with E-state index in [4.69, 9.17) is 0 Å². The molecule has 2 heterocycles. The third-order valence-corrected chi connectivity index (χ3v) is 12.6. The lowest BCUT2D eigenvalue weighted by atomic mass is 9.91. The SMILES string of the molecule is Cc1ccc(-c2ccc3c4ccccc4n(-c4cc(C#N)c(-n5c6ccccc6c6ccc(-c7ccc(C(F)(F)F)cc7C(F)(F)F)cc65)cc4-c4c(C)cccc4C(F)(F)F)c3c2)c(C)c1. The highest BCUT2D eigenvalue weighted by Gasteiger charge is 2.39. The maximum atomic E-state index is 15.3. The Morgan fingerprint density at radius 3 is 1.54 bits per heavy atom. The molecule has 0 amide bonds. The molecule has 0 fully saturated rings. The summed E-state index contributed by atoms with van der Waals surface area (Å²) in [6.45, 7) is 5.58. The number of para-hydroxylation sites is 2. The van der Waals surface area contributed by atoms with E-state index in [1.54, 1.807) is 54.0 Å². The summed E-state index contributed by atoms with van der Waals surface area (Å²) in [6, 6.07) is 41.6. The van der Waals surface area contributed by atoms with Crippen LogP contribution in [0.5, 0.6) is 0 Å². The molecule has 0 bridgehead atoms. The number of aromatic nitrogens is 2. The molecule has 0 radical (unpaired) electrons. The van der Waals surface area contributed by atoms with Gasteiger partial charge >= 0.3 is 18.5 Å². The van der Waals surface area contributed by atoms with Crippen molar-refractivity contribution in [3.8, 4) is 50.8 Å². The van der Waals surface area contributed by atoms with Crippen LogP contribution in [0.4, 0.5) is 39.5 Å². The molecular weight excluding hydrogens is 874 g/mol. The van der Waals surface area contributed by atoms with Gasteiger partial charge in [0.05, 0.1) is 55.7 Å². The molecule has 0 N–H and O–H groups in total. The largest absolute Gasteiger partial charge is 0.417 e. The van der Waals surface area contributed by atoms with E-state index in [-0.39, 0.29) is 50.8 Å². The van der Waals surface area contributed by atoms with Crippen LogP contribution in [0.2, 0.25) is 0 Å². The average molecular weight is 908 g/mol. The second-order valence-electron chi connectivity index (χ2n) is 16.7. The Morgan fingerprint density at radius 2 is 0.970 bits per heavy atom. The first-order valence-electron chi connectivity index (χ1n) is 21.0. The predicted molar refractivity (Wildman–Crippen MR) is 245 cm³/mol. The summed E-state index contributed by atoms with van der Waals surface area (Å²) < 4.78 is 134. The molecule has 332 valence electrons. The Balaban J connectivity index is 1.32. The molecule has 2 aromatic heterocycles. The van der Waals surface area contributed by atoms with Crippen molar-refractivity contribution in [1.82, 2.24) is 9.13 Å². The number of nitriles is 1. The van der Waals surface area contributed by atoms with Crippen molar-refractivity contribution >= 4 is 43.6 Å². The van der Waals surface area contributed by atoms with Gasteiger partial charge in [-0.2, -0.15) is 44.8 Å². The first kappa shape index (κ1) is 43.1. The Morgan fingerprint density at radius 1 is 0.418 bits per heavy atom. The van der Waals surface area contributed by atoms with Crippen LogP contribution in [0.25, 0.3) is 88.4 Å². The Kier molecular flexibility index (Phi) is 9.92. The van der Waals surface area contributed by atoms with Gasteiger partial charge in [-0.05, 0) is 114 Å². The highest BCUT2D eigenvalue weighted by atomic mass is 19.4. The van der Waals surface area contributed by atoms with E-state index in [2.05, 4.69) is 12.1 Å². The Bertz CT molecular complexity index is 3710. The lowest BCUT2D eigenvalue weighted by Gasteiger charge is -2.22. The molecule has 0 saturated heterocycles. The van der Waals surface area contributed by atoms with Crippen molar-refractivity contribution in [2.45, 2.75) is 39.3 Å². The minimum Gasteiger partial charge on any atom is -0.309 e. The minimum atomic E-state index is -5.17. The van der Waals surface area contributed by atoms with Crippen LogP contribution in [0, 0.1) is 32.1 Å². The quantitative estimate of drug-likeness (QED) is 0.158. The summed E-state index contributed by atoms with van der Waals surface area (Å²) in [4.78, 5) is 0. The van der Waals surface area contributed by atoms with Gasteiger partial charge in [0.1, 0.15) is 6.07 Å². The van der Waals surface area contributed by atoms with Gasteiger partial charge in [0.2, 0.25) is 0 Å². The second-order valence-corrected chi connectivity index (χ2v) is 16.7. The molecule has 0 aliphatic rings. The molecule has 0 unspecified atom stereocenters. The van der Waals surface area contributed by atoms with Gasteiger partial charge in [0.15, 0.2) is 0 Å². The number of rotatable bonds is 5. The molecule has 0 atom stereocenters. The summed E-state index contributed by atoms with van der Waals surface area (Å²) in [5.74, 6) is 0. The van der Waals surface area contributed by atoms with Gasteiger partial charge in [-0.1, -0.05) is 103 Å². The Hall–Kier alpha value is -7.78. The maximum Gasteiger partial charge on any atom is 0.417 e.